The van der Waals surface area contributed by atoms with Crippen molar-refractivity contribution in [2.75, 3.05) is 56.3 Å². The Kier molecular flexibility index (Phi) is 6.03. The Morgan fingerprint density at radius 1 is 1.16 bits per heavy atom. The number of amides is 2. The second kappa shape index (κ2) is 8.89. The zero-order chi connectivity index (χ0) is 22.0. The Balaban J connectivity index is 1.39. The van der Waals surface area contributed by atoms with E-state index in [4.69, 9.17) is 9.47 Å². The topological polar surface area (TPSA) is 88.1 Å². The highest BCUT2D eigenvalue weighted by molar-refractivity contribution is 5.95. The van der Waals surface area contributed by atoms with Gasteiger partial charge in [0.1, 0.15) is 18.2 Å². The van der Waals surface area contributed by atoms with Crippen molar-refractivity contribution in [1.82, 2.24) is 14.9 Å². The number of aryl methyl sites for hydroxylation is 2. The molecular weight excluding hydrogens is 398 g/mol. The fraction of sp³-hybridized carbons (Fsp3) is 0.455. The number of carbonyl (C=O) groups excluding carboxylic acids is 2. The number of piperazine rings is 1. The minimum absolute atomic E-state index is 0.0651. The Hall–Kier alpha value is -3.20. The van der Waals surface area contributed by atoms with E-state index in [1.807, 2.05) is 18.0 Å². The number of cyclic esters (lactones) is 1. The van der Waals surface area contributed by atoms with Crippen LogP contribution in [-0.4, -0.2) is 79.4 Å². The second-order valence-electron chi connectivity index (χ2n) is 7.89. The van der Waals surface area contributed by atoms with Crippen molar-refractivity contribution < 1.29 is 19.1 Å². The molecule has 164 valence electrons. The van der Waals surface area contributed by atoms with Crippen molar-refractivity contribution in [2.24, 2.45) is 0 Å². The molecule has 9 heteroatoms. The summed E-state index contributed by atoms with van der Waals surface area (Å²) in [5.41, 5.74) is 2.78. The normalized spacial score (nSPS) is 19.0. The van der Waals surface area contributed by atoms with Gasteiger partial charge in [-0.3, -0.25) is 9.69 Å². The average Bonchev–Trinajstić information content (AvgIpc) is 3.14. The first-order valence-corrected chi connectivity index (χ1v) is 10.4. The van der Waals surface area contributed by atoms with Crippen LogP contribution in [0.3, 0.4) is 0 Å². The van der Waals surface area contributed by atoms with Crippen LogP contribution >= 0.6 is 0 Å². The lowest BCUT2D eigenvalue weighted by atomic mass is 10.2. The van der Waals surface area contributed by atoms with Crippen molar-refractivity contribution in [2.45, 2.75) is 19.9 Å². The number of rotatable bonds is 5. The van der Waals surface area contributed by atoms with Crippen molar-refractivity contribution in [3.05, 3.63) is 47.3 Å². The number of methoxy groups -OCH3 is 1. The van der Waals surface area contributed by atoms with E-state index in [2.05, 4.69) is 27.9 Å². The van der Waals surface area contributed by atoms with Gasteiger partial charge in [-0.15, -0.1) is 0 Å². The molecule has 0 radical (unpaired) electrons. The van der Waals surface area contributed by atoms with Gasteiger partial charge in [0.05, 0.1) is 18.2 Å². The number of anilines is 2. The summed E-state index contributed by atoms with van der Waals surface area (Å²) in [5, 5.41) is 0. The van der Waals surface area contributed by atoms with E-state index in [-0.39, 0.29) is 18.6 Å². The van der Waals surface area contributed by atoms with Crippen molar-refractivity contribution in [1.29, 1.82) is 0 Å². The lowest BCUT2D eigenvalue weighted by Crippen LogP contribution is -2.49. The average molecular weight is 425 g/mol. The molecule has 9 nitrogen and oxygen atoms in total. The van der Waals surface area contributed by atoms with Gasteiger partial charge in [-0.25, -0.2) is 14.8 Å². The summed E-state index contributed by atoms with van der Waals surface area (Å²) in [6.07, 6.45) is 2.94. The van der Waals surface area contributed by atoms with Crippen LogP contribution in [0.1, 0.15) is 21.5 Å². The summed E-state index contributed by atoms with van der Waals surface area (Å²) in [5.74, 6) is 1.36. The molecule has 4 heterocycles. The molecule has 2 amide bonds. The van der Waals surface area contributed by atoms with Crippen LogP contribution in [0.15, 0.2) is 30.6 Å². The molecule has 2 aromatic rings. The summed E-state index contributed by atoms with van der Waals surface area (Å²) in [4.78, 5) is 39.4. The molecule has 0 spiro atoms. The smallest absolute Gasteiger partial charge is 0.416 e. The molecule has 2 aliphatic heterocycles. The fourth-order valence-electron chi connectivity index (χ4n) is 4.05. The first kappa shape index (κ1) is 21.0. The SMILES string of the molecule is COC[C@@H]1COC(=O)N1c1ccc(C(=O)N2CCN(c3ncc(C)cc3C)CC2)cn1. The van der Waals surface area contributed by atoms with E-state index in [0.717, 1.165) is 30.0 Å². The van der Waals surface area contributed by atoms with E-state index < -0.39 is 6.09 Å². The fourth-order valence-corrected chi connectivity index (χ4v) is 4.05. The Morgan fingerprint density at radius 3 is 2.58 bits per heavy atom. The molecule has 2 aliphatic rings. The number of pyridine rings is 2. The predicted octanol–water partition coefficient (Wildman–Crippen LogP) is 2.03. The number of hydrogen-bond donors (Lipinski definition) is 0. The summed E-state index contributed by atoms with van der Waals surface area (Å²) < 4.78 is 10.3. The van der Waals surface area contributed by atoms with Gasteiger partial charge in [0.15, 0.2) is 0 Å². The molecule has 2 fully saturated rings. The van der Waals surface area contributed by atoms with Crippen molar-refractivity contribution >= 4 is 23.6 Å². The lowest BCUT2D eigenvalue weighted by molar-refractivity contribution is 0.0746. The Morgan fingerprint density at radius 2 is 1.94 bits per heavy atom. The molecule has 0 N–H and O–H groups in total. The number of carbonyl (C=O) groups is 2. The van der Waals surface area contributed by atoms with Crippen molar-refractivity contribution in [3.8, 4) is 0 Å². The standard InChI is InChI=1S/C22H27N5O4/c1-15-10-16(2)20(24-11-15)25-6-8-26(9-7-25)21(28)17-4-5-19(23-12-17)27-18(13-30-3)14-31-22(27)29/h4-5,10-12,18H,6-9,13-14H2,1-3H3/t18-/m1/s1. The summed E-state index contributed by atoms with van der Waals surface area (Å²) >= 11 is 0. The zero-order valence-corrected chi connectivity index (χ0v) is 18.1. The van der Waals surface area contributed by atoms with Gasteiger partial charge >= 0.3 is 6.09 Å². The van der Waals surface area contributed by atoms with E-state index in [0.29, 0.717) is 31.1 Å². The molecule has 4 rings (SSSR count). The third-order valence-electron chi connectivity index (χ3n) is 5.62. The van der Waals surface area contributed by atoms with Gasteiger partial charge in [0.2, 0.25) is 0 Å². The Labute approximate surface area is 181 Å². The molecule has 0 aliphatic carbocycles. The highest BCUT2D eigenvalue weighted by Crippen LogP contribution is 2.23. The highest BCUT2D eigenvalue weighted by atomic mass is 16.6. The molecular formula is C22H27N5O4. The highest BCUT2D eigenvalue weighted by Gasteiger charge is 2.35. The van der Waals surface area contributed by atoms with Crippen LogP contribution in [0.25, 0.3) is 0 Å². The maximum Gasteiger partial charge on any atom is 0.416 e. The molecule has 0 unspecified atom stereocenters. The van der Waals surface area contributed by atoms with E-state index in [1.165, 1.54) is 11.1 Å². The van der Waals surface area contributed by atoms with Gasteiger partial charge in [-0.1, -0.05) is 6.07 Å². The van der Waals surface area contributed by atoms with Crippen LogP contribution in [-0.2, 0) is 9.47 Å². The molecule has 0 aromatic carbocycles. The minimum Gasteiger partial charge on any atom is -0.447 e. The monoisotopic (exact) mass is 425 g/mol. The molecule has 2 saturated heterocycles. The van der Waals surface area contributed by atoms with Gasteiger partial charge < -0.3 is 19.3 Å². The van der Waals surface area contributed by atoms with E-state index in [1.54, 1.807) is 19.2 Å². The number of ether oxygens (including phenoxy) is 2. The van der Waals surface area contributed by atoms with Crippen LogP contribution in [0, 0.1) is 13.8 Å². The second-order valence-corrected chi connectivity index (χ2v) is 7.89. The predicted molar refractivity (Wildman–Crippen MR) is 116 cm³/mol. The number of nitrogens with zero attached hydrogens (tertiary/aromatic N) is 5. The molecule has 0 saturated carbocycles. The summed E-state index contributed by atoms with van der Waals surface area (Å²) in [6.45, 7) is 7.40. The summed E-state index contributed by atoms with van der Waals surface area (Å²) in [6, 6.07) is 5.29. The number of hydrogen-bond acceptors (Lipinski definition) is 7. The summed E-state index contributed by atoms with van der Waals surface area (Å²) in [7, 11) is 1.58. The van der Waals surface area contributed by atoms with E-state index >= 15 is 0 Å². The maximum atomic E-state index is 12.9. The van der Waals surface area contributed by atoms with Crippen LogP contribution < -0.4 is 9.80 Å². The first-order valence-electron chi connectivity index (χ1n) is 10.4. The van der Waals surface area contributed by atoms with Gasteiger partial charge in [-0.2, -0.15) is 0 Å². The largest absolute Gasteiger partial charge is 0.447 e. The molecule has 2 aromatic heterocycles. The molecule has 0 bridgehead atoms. The first-order chi connectivity index (χ1) is 15.0. The number of aromatic nitrogens is 2. The van der Waals surface area contributed by atoms with Crippen LogP contribution in [0.5, 0.6) is 0 Å². The zero-order valence-electron chi connectivity index (χ0n) is 18.1. The van der Waals surface area contributed by atoms with E-state index in [9.17, 15) is 9.59 Å². The van der Waals surface area contributed by atoms with Gasteiger partial charge in [-0.05, 0) is 37.1 Å². The minimum atomic E-state index is -0.454. The van der Waals surface area contributed by atoms with Crippen molar-refractivity contribution in [3.63, 3.8) is 0 Å². The Bertz CT molecular complexity index is 957. The maximum absolute atomic E-state index is 12.9. The van der Waals surface area contributed by atoms with Crippen LogP contribution in [0.4, 0.5) is 16.4 Å². The quantitative estimate of drug-likeness (QED) is 0.724. The third-order valence-corrected chi connectivity index (χ3v) is 5.62. The molecule has 31 heavy (non-hydrogen) atoms. The lowest BCUT2D eigenvalue weighted by Gasteiger charge is -2.36. The van der Waals surface area contributed by atoms with Gasteiger partial charge in [0, 0.05) is 45.7 Å². The third kappa shape index (κ3) is 4.32. The molecule has 1 atom stereocenters. The van der Waals surface area contributed by atoms with Gasteiger partial charge in [0.25, 0.3) is 5.91 Å². The van der Waals surface area contributed by atoms with Crippen LogP contribution in [0.2, 0.25) is 0 Å².